The molecule has 2 atom stereocenters. The summed E-state index contributed by atoms with van der Waals surface area (Å²) in [6, 6.07) is 2.48. The average molecular weight is 249 g/mol. The largest absolute Gasteiger partial charge is 0.378 e. The van der Waals surface area contributed by atoms with E-state index in [1.807, 2.05) is 13.0 Å². The molecule has 0 saturated carbocycles. The minimum absolute atomic E-state index is 0.337. The minimum Gasteiger partial charge on any atom is -0.378 e. The van der Waals surface area contributed by atoms with E-state index in [1.54, 1.807) is 0 Å². The molecule has 1 N–H and O–H groups in total. The maximum atomic E-state index is 5.56. The third-order valence-corrected chi connectivity index (χ3v) is 3.23. The van der Waals surface area contributed by atoms with Crippen LogP contribution in [0, 0.1) is 6.92 Å². The van der Waals surface area contributed by atoms with Gasteiger partial charge in [-0.2, -0.15) is 0 Å². The molecular formula is C14H23N3O. The Hall–Kier alpha value is -1.16. The van der Waals surface area contributed by atoms with Gasteiger partial charge in [0.25, 0.3) is 0 Å². The third-order valence-electron chi connectivity index (χ3n) is 3.23. The summed E-state index contributed by atoms with van der Waals surface area (Å²) in [6.07, 6.45) is 2.42. The number of nitrogens with zero attached hydrogens (tertiary/aromatic N) is 2. The van der Waals surface area contributed by atoms with Crippen LogP contribution >= 0.6 is 0 Å². The highest BCUT2D eigenvalue weighted by atomic mass is 16.5. The zero-order chi connectivity index (χ0) is 13.1. The second kappa shape index (κ2) is 5.65. The molecular weight excluding hydrogens is 226 g/mol. The van der Waals surface area contributed by atoms with Gasteiger partial charge in [0.2, 0.25) is 0 Å². The van der Waals surface area contributed by atoms with Gasteiger partial charge in [-0.05, 0) is 26.7 Å². The summed E-state index contributed by atoms with van der Waals surface area (Å²) < 4.78 is 5.56. The summed E-state index contributed by atoms with van der Waals surface area (Å²) >= 11 is 0. The molecule has 1 fully saturated rings. The quantitative estimate of drug-likeness (QED) is 0.894. The van der Waals surface area contributed by atoms with Gasteiger partial charge in [0.1, 0.15) is 11.6 Å². The van der Waals surface area contributed by atoms with Crippen LogP contribution in [0.1, 0.15) is 51.0 Å². The van der Waals surface area contributed by atoms with E-state index in [0.717, 1.165) is 36.8 Å². The van der Waals surface area contributed by atoms with E-state index in [4.69, 9.17) is 4.74 Å². The molecule has 1 aliphatic rings. The molecule has 0 aliphatic carbocycles. The Kier molecular flexibility index (Phi) is 4.17. The summed E-state index contributed by atoms with van der Waals surface area (Å²) in [6.45, 7) is 9.22. The van der Waals surface area contributed by atoms with Crippen molar-refractivity contribution in [2.75, 3.05) is 11.9 Å². The number of hydrogen-bond donors (Lipinski definition) is 1. The van der Waals surface area contributed by atoms with Crippen LogP contribution in [-0.2, 0) is 4.74 Å². The van der Waals surface area contributed by atoms with E-state index in [-0.39, 0.29) is 0 Å². The van der Waals surface area contributed by atoms with Crippen LogP contribution < -0.4 is 5.32 Å². The normalized spacial score (nSPS) is 24.3. The van der Waals surface area contributed by atoms with Crippen LogP contribution in [-0.4, -0.2) is 28.7 Å². The maximum Gasteiger partial charge on any atom is 0.133 e. The van der Waals surface area contributed by atoms with Crippen molar-refractivity contribution in [3.8, 4) is 0 Å². The molecule has 0 spiro atoms. The second-order valence-electron chi connectivity index (χ2n) is 5.45. The second-order valence-corrected chi connectivity index (χ2v) is 5.45. The Morgan fingerprint density at radius 2 is 2.17 bits per heavy atom. The first kappa shape index (κ1) is 13.3. The van der Waals surface area contributed by atoms with Crippen molar-refractivity contribution < 1.29 is 4.74 Å². The predicted octanol–water partition coefficient (Wildman–Crippen LogP) is 2.89. The number of aryl methyl sites for hydroxylation is 1. The number of nitrogens with one attached hydrogen (secondary N) is 1. The number of anilines is 1. The lowest BCUT2D eigenvalue weighted by atomic mass is 10.0. The first-order chi connectivity index (χ1) is 8.54. The lowest BCUT2D eigenvalue weighted by Crippen LogP contribution is -2.32. The lowest BCUT2D eigenvalue weighted by Gasteiger charge is -2.28. The summed E-state index contributed by atoms with van der Waals surface area (Å²) in [4.78, 5) is 9.05. The Morgan fingerprint density at radius 1 is 1.39 bits per heavy atom. The zero-order valence-electron chi connectivity index (χ0n) is 11.7. The van der Waals surface area contributed by atoms with Gasteiger partial charge in [-0.15, -0.1) is 0 Å². The van der Waals surface area contributed by atoms with Crippen LogP contribution in [0.25, 0.3) is 0 Å². The Labute approximate surface area is 109 Å². The fraction of sp³-hybridized carbons (Fsp3) is 0.714. The van der Waals surface area contributed by atoms with E-state index in [2.05, 4.69) is 36.1 Å². The Balaban J connectivity index is 2.08. The monoisotopic (exact) mass is 249 g/mol. The first-order valence-electron chi connectivity index (χ1n) is 6.78. The number of hydrogen-bond acceptors (Lipinski definition) is 4. The van der Waals surface area contributed by atoms with Gasteiger partial charge in [-0.1, -0.05) is 13.8 Å². The maximum absolute atomic E-state index is 5.56. The van der Waals surface area contributed by atoms with Gasteiger partial charge in [-0.25, -0.2) is 9.97 Å². The molecule has 1 saturated heterocycles. The van der Waals surface area contributed by atoms with Gasteiger partial charge in [-0.3, -0.25) is 0 Å². The van der Waals surface area contributed by atoms with Gasteiger partial charge >= 0.3 is 0 Å². The fourth-order valence-electron chi connectivity index (χ4n) is 2.26. The molecule has 0 bridgehead atoms. The molecule has 18 heavy (non-hydrogen) atoms. The summed E-state index contributed by atoms with van der Waals surface area (Å²) in [5, 5.41) is 3.52. The number of rotatable bonds is 3. The average Bonchev–Trinajstić information content (AvgIpc) is 2.28. The van der Waals surface area contributed by atoms with Crippen molar-refractivity contribution in [2.24, 2.45) is 0 Å². The van der Waals surface area contributed by atoms with E-state index in [1.165, 1.54) is 0 Å². The van der Waals surface area contributed by atoms with Gasteiger partial charge in [0, 0.05) is 30.3 Å². The Morgan fingerprint density at radius 3 is 2.83 bits per heavy atom. The molecule has 0 radical (unpaired) electrons. The highest BCUT2D eigenvalue weighted by molar-refractivity contribution is 5.37. The van der Waals surface area contributed by atoms with Crippen LogP contribution in [0.2, 0.25) is 0 Å². The number of aromatic nitrogens is 2. The van der Waals surface area contributed by atoms with Crippen molar-refractivity contribution in [3.05, 3.63) is 17.6 Å². The molecule has 2 rings (SSSR count). The SMILES string of the molecule is Cc1cc(NC2CCOC(C)C2)nc(C(C)C)n1. The molecule has 1 aromatic rings. The van der Waals surface area contributed by atoms with E-state index in [0.29, 0.717) is 18.1 Å². The molecule has 0 amide bonds. The van der Waals surface area contributed by atoms with Crippen LogP contribution in [0.15, 0.2) is 6.07 Å². The van der Waals surface area contributed by atoms with Crippen molar-refractivity contribution in [1.29, 1.82) is 0 Å². The standard InChI is InChI=1S/C14H23N3O/c1-9(2)14-15-10(3)7-13(17-14)16-12-5-6-18-11(4)8-12/h7,9,11-12H,5-6,8H2,1-4H3,(H,15,16,17). The van der Waals surface area contributed by atoms with Crippen molar-refractivity contribution in [1.82, 2.24) is 9.97 Å². The van der Waals surface area contributed by atoms with Crippen LogP contribution in [0.3, 0.4) is 0 Å². The van der Waals surface area contributed by atoms with Crippen LogP contribution in [0.4, 0.5) is 5.82 Å². The van der Waals surface area contributed by atoms with E-state index < -0.39 is 0 Å². The van der Waals surface area contributed by atoms with Crippen molar-refractivity contribution >= 4 is 5.82 Å². The molecule has 1 aromatic heterocycles. The van der Waals surface area contributed by atoms with Crippen molar-refractivity contribution in [2.45, 2.75) is 58.6 Å². The van der Waals surface area contributed by atoms with Gasteiger partial charge < -0.3 is 10.1 Å². The zero-order valence-corrected chi connectivity index (χ0v) is 11.7. The highest BCUT2D eigenvalue weighted by Crippen LogP contribution is 2.19. The molecule has 4 nitrogen and oxygen atoms in total. The Bertz CT molecular complexity index is 406. The molecule has 0 aromatic carbocycles. The van der Waals surface area contributed by atoms with E-state index >= 15 is 0 Å². The van der Waals surface area contributed by atoms with Gasteiger partial charge in [0.05, 0.1) is 6.10 Å². The summed E-state index contributed by atoms with van der Waals surface area (Å²) in [7, 11) is 0. The first-order valence-corrected chi connectivity index (χ1v) is 6.78. The fourth-order valence-corrected chi connectivity index (χ4v) is 2.26. The minimum atomic E-state index is 0.337. The predicted molar refractivity (Wildman–Crippen MR) is 72.9 cm³/mol. The highest BCUT2D eigenvalue weighted by Gasteiger charge is 2.19. The van der Waals surface area contributed by atoms with Crippen molar-refractivity contribution in [3.63, 3.8) is 0 Å². The molecule has 100 valence electrons. The summed E-state index contributed by atoms with van der Waals surface area (Å²) in [5.74, 6) is 2.22. The third kappa shape index (κ3) is 3.42. The lowest BCUT2D eigenvalue weighted by molar-refractivity contribution is 0.0232. The van der Waals surface area contributed by atoms with Gasteiger partial charge in [0.15, 0.2) is 0 Å². The molecule has 2 unspecified atom stereocenters. The molecule has 1 aliphatic heterocycles. The van der Waals surface area contributed by atoms with E-state index in [9.17, 15) is 0 Å². The molecule has 2 heterocycles. The smallest absolute Gasteiger partial charge is 0.133 e. The topological polar surface area (TPSA) is 47.0 Å². The van der Waals surface area contributed by atoms with Crippen LogP contribution in [0.5, 0.6) is 0 Å². The number of ether oxygens (including phenoxy) is 1. The summed E-state index contributed by atoms with van der Waals surface area (Å²) in [5.41, 5.74) is 1.02. The molecule has 4 heteroatoms.